The van der Waals surface area contributed by atoms with Crippen molar-refractivity contribution in [3.8, 4) is 5.88 Å². The molecule has 3 aromatic heterocycles. The second-order valence-electron chi connectivity index (χ2n) is 8.86. The zero-order valence-corrected chi connectivity index (χ0v) is 19.6. The average Bonchev–Trinajstić information content (AvgIpc) is 3.64. The van der Waals surface area contributed by atoms with E-state index >= 15 is 0 Å². The molecule has 12 nitrogen and oxygen atoms in total. The maximum absolute atomic E-state index is 13.3. The molecule has 3 aromatic rings. The van der Waals surface area contributed by atoms with Gasteiger partial charge < -0.3 is 15.0 Å². The van der Waals surface area contributed by atoms with Gasteiger partial charge in [0.1, 0.15) is 12.0 Å². The molecule has 2 amide bonds. The third kappa shape index (κ3) is 5.05. The fourth-order valence-electron chi connectivity index (χ4n) is 4.16. The Hall–Kier alpha value is -4.09. The van der Waals surface area contributed by atoms with Crippen molar-refractivity contribution in [2.24, 2.45) is 7.05 Å². The van der Waals surface area contributed by atoms with E-state index in [1.807, 2.05) is 11.8 Å². The van der Waals surface area contributed by atoms with Gasteiger partial charge in [-0.1, -0.05) is 0 Å². The van der Waals surface area contributed by atoms with Gasteiger partial charge in [0.25, 0.3) is 11.8 Å². The van der Waals surface area contributed by atoms with Gasteiger partial charge in [0.05, 0.1) is 41.9 Å². The molecular weight excluding hydrogens is 450 g/mol. The highest BCUT2D eigenvalue weighted by Gasteiger charge is 2.30. The van der Waals surface area contributed by atoms with Crippen LogP contribution in [0.5, 0.6) is 5.88 Å². The zero-order chi connectivity index (χ0) is 24.4. The number of rotatable bonds is 6. The Labute approximate surface area is 202 Å². The number of nitrogens with one attached hydrogen (secondary N) is 2. The van der Waals surface area contributed by atoms with Gasteiger partial charge in [-0.3, -0.25) is 14.8 Å². The molecule has 12 heteroatoms. The van der Waals surface area contributed by atoms with Crippen LogP contribution in [0.3, 0.4) is 0 Å². The standard InChI is InChI=1S/C23H27N9O3/c1-14-5-3-4-8-32(14)22(33)19-18(12-27-31(19)2)30-23(34)35-21-20(28-16-9-24-13-25-10-16)26-11-17(29-21)15-6-7-15/h9-15H,3-8H2,1-2H3,(H,26,28)(H,30,34). The van der Waals surface area contributed by atoms with Crippen LogP contribution < -0.4 is 15.4 Å². The minimum atomic E-state index is -0.798. The van der Waals surface area contributed by atoms with Crippen molar-refractivity contribution < 1.29 is 14.3 Å². The van der Waals surface area contributed by atoms with Gasteiger partial charge >= 0.3 is 6.09 Å². The molecule has 1 saturated heterocycles. The molecular formula is C23H27N9O3. The van der Waals surface area contributed by atoms with Gasteiger partial charge in [0.2, 0.25) is 0 Å². The van der Waals surface area contributed by atoms with Gasteiger partial charge in [0.15, 0.2) is 5.82 Å². The molecule has 0 bridgehead atoms. The SMILES string of the molecule is CC1CCCCN1C(=O)c1c(NC(=O)Oc2nc(C3CC3)cnc2Nc2cncnc2)cnn1C. The lowest BCUT2D eigenvalue weighted by Crippen LogP contribution is -2.43. The van der Waals surface area contributed by atoms with E-state index in [-0.39, 0.29) is 29.3 Å². The highest BCUT2D eigenvalue weighted by atomic mass is 16.6. The molecule has 0 radical (unpaired) electrons. The second kappa shape index (κ2) is 9.65. The molecule has 5 rings (SSSR count). The number of carbonyl (C=O) groups excluding carboxylic acids is 2. The summed E-state index contributed by atoms with van der Waals surface area (Å²) in [5.74, 6) is 0.423. The third-order valence-corrected chi connectivity index (χ3v) is 6.21. The van der Waals surface area contributed by atoms with Crippen LogP contribution in [0.1, 0.15) is 61.1 Å². The summed E-state index contributed by atoms with van der Waals surface area (Å²) in [7, 11) is 1.67. The molecule has 1 aliphatic heterocycles. The van der Waals surface area contributed by atoms with Crippen molar-refractivity contribution in [1.82, 2.24) is 34.6 Å². The number of nitrogens with zero attached hydrogens (tertiary/aromatic N) is 7. The van der Waals surface area contributed by atoms with Crippen LogP contribution in [-0.2, 0) is 7.05 Å². The van der Waals surface area contributed by atoms with Crippen LogP contribution in [0.15, 0.2) is 31.1 Å². The summed E-state index contributed by atoms with van der Waals surface area (Å²) in [4.78, 5) is 44.8. The molecule has 1 unspecified atom stereocenters. The Bertz CT molecular complexity index is 1230. The van der Waals surface area contributed by atoms with Crippen LogP contribution in [0.25, 0.3) is 0 Å². The first-order valence-electron chi connectivity index (χ1n) is 11.7. The first-order chi connectivity index (χ1) is 17.0. The molecule has 182 valence electrons. The minimum Gasteiger partial charge on any atom is -0.387 e. The second-order valence-corrected chi connectivity index (χ2v) is 8.86. The molecule has 1 aliphatic carbocycles. The fraction of sp³-hybridized carbons (Fsp3) is 0.435. The number of likely N-dealkylation sites (tertiary alicyclic amines) is 1. The van der Waals surface area contributed by atoms with Crippen LogP contribution >= 0.6 is 0 Å². The number of carbonyl (C=O) groups is 2. The van der Waals surface area contributed by atoms with E-state index in [1.54, 1.807) is 25.6 Å². The van der Waals surface area contributed by atoms with Gasteiger partial charge in [-0.2, -0.15) is 5.10 Å². The summed E-state index contributed by atoms with van der Waals surface area (Å²) in [6.45, 7) is 2.71. The number of piperidine rings is 1. The van der Waals surface area contributed by atoms with Gasteiger partial charge in [-0.05, 0) is 39.0 Å². The van der Waals surface area contributed by atoms with Crippen molar-refractivity contribution in [3.63, 3.8) is 0 Å². The lowest BCUT2D eigenvalue weighted by molar-refractivity contribution is 0.0625. The monoisotopic (exact) mass is 477 g/mol. The van der Waals surface area contributed by atoms with E-state index in [0.29, 0.717) is 23.8 Å². The smallest absolute Gasteiger partial charge is 0.387 e. The number of hydrogen-bond acceptors (Lipinski definition) is 9. The Balaban J connectivity index is 1.35. The maximum atomic E-state index is 13.3. The van der Waals surface area contributed by atoms with E-state index in [4.69, 9.17) is 4.74 Å². The van der Waals surface area contributed by atoms with Crippen LogP contribution in [0, 0.1) is 0 Å². The molecule has 1 saturated carbocycles. The predicted molar refractivity (Wildman–Crippen MR) is 127 cm³/mol. The number of hydrogen-bond donors (Lipinski definition) is 2. The summed E-state index contributed by atoms with van der Waals surface area (Å²) < 4.78 is 7.03. The number of anilines is 3. The summed E-state index contributed by atoms with van der Waals surface area (Å²) in [6.07, 6.45) is 11.9. The first-order valence-corrected chi connectivity index (χ1v) is 11.7. The molecule has 2 fully saturated rings. The number of amides is 2. The van der Waals surface area contributed by atoms with Crippen molar-refractivity contribution in [1.29, 1.82) is 0 Å². The molecule has 1 atom stereocenters. The third-order valence-electron chi connectivity index (χ3n) is 6.21. The number of aromatic nitrogens is 6. The van der Waals surface area contributed by atoms with E-state index < -0.39 is 6.09 Å². The highest BCUT2D eigenvalue weighted by Crippen LogP contribution is 2.40. The Kier molecular flexibility index (Phi) is 6.25. The quantitative estimate of drug-likeness (QED) is 0.547. The molecule has 0 aromatic carbocycles. The topological polar surface area (TPSA) is 140 Å². The first kappa shape index (κ1) is 22.7. The minimum absolute atomic E-state index is 0.0252. The van der Waals surface area contributed by atoms with Gasteiger partial charge in [-0.15, -0.1) is 0 Å². The summed E-state index contributed by atoms with van der Waals surface area (Å²) in [5, 5.41) is 9.87. The van der Waals surface area contributed by atoms with Crippen molar-refractivity contribution in [3.05, 3.63) is 42.5 Å². The maximum Gasteiger partial charge on any atom is 0.418 e. The van der Waals surface area contributed by atoms with Gasteiger partial charge in [-0.25, -0.2) is 24.7 Å². The largest absolute Gasteiger partial charge is 0.418 e. The van der Waals surface area contributed by atoms with Crippen LogP contribution in [-0.4, -0.2) is 59.2 Å². The lowest BCUT2D eigenvalue weighted by atomic mass is 10.0. The number of ether oxygens (including phenoxy) is 1. The molecule has 2 aliphatic rings. The van der Waals surface area contributed by atoms with E-state index in [1.165, 1.54) is 17.2 Å². The normalized spacial score (nSPS) is 17.7. The van der Waals surface area contributed by atoms with Crippen LogP contribution in [0.2, 0.25) is 0 Å². The summed E-state index contributed by atoms with van der Waals surface area (Å²) in [6, 6.07) is 0.127. The zero-order valence-electron chi connectivity index (χ0n) is 19.6. The molecule has 35 heavy (non-hydrogen) atoms. The summed E-state index contributed by atoms with van der Waals surface area (Å²) in [5.41, 5.74) is 1.91. The summed E-state index contributed by atoms with van der Waals surface area (Å²) >= 11 is 0. The van der Waals surface area contributed by atoms with Crippen molar-refractivity contribution in [2.45, 2.75) is 51.0 Å². The van der Waals surface area contributed by atoms with E-state index in [2.05, 4.69) is 35.7 Å². The molecule has 4 heterocycles. The van der Waals surface area contributed by atoms with Crippen LogP contribution in [0.4, 0.5) is 22.0 Å². The van der Waals surface area contributed by atoms with Crippen molar-refractivity contribution in [2.75, 3.05) is 17.2 Å². The van der Waals surface area contributed by atoms with Gasteiger partial charge in [0, 0.05) is 25.6 Å². The van der Waals surface area contributed by atoms with E-state index in [0.717, 1.165) is 37.8 Å². The Morgan fingerprint density at radius 1 is 1.09 bits per heavy atom. The molecule has 0 spiro atoms. The fourth-order valence-corrected chi connectivity index (χ4v) is 4.16. The Morgan fingerprint density at radius 3 is 2.63 bits per heavy atom. The van der Waals surface area contributed by atoms with Crippen molar-refractivity contribution >= 4 is 29.2 Å². The lowest BCUT2D eigenvalue weighted by Gasteiger charge is -2.33. The predicted octanol–water partition coefficient (Wildman–Crippen LogP) is 3.25. The highest BCUT2D eigenvalue weighted by molar-refractivity contribution is 6.01. The number of aryl methyl sites for hydroxylation is 1. The Morgan fingerprint density at radius 2 is 1.89 bits per heavy atom. The molecule has 2 N–H and O–H groups in total. The average molecular weight is 478 g/mol. The van der Waals surface area contributed by atoms with E-state index in [9.17, 15) is 9.59 Å².